The number of amides is 3. The molecule has 0 aromatic heterocycles. The van der Waals surface area contributed by atoms with Crippen LogP contribution in [0.2, 0.25) is 0 Å². The predicted octanol–water partition coefficient (Wildman–Crippen LogP) is 0.761. The molecule has 0 aliphatic carbocycles. The first-order valence-electron chi connectivity index (χ1n) is 6.34. The highest BCUT2D eigenvalue weighted by atomic mass is 16.6. The zero-order chi connectivity index (χ0) is 15.8. The first-order valence-corrected chi connectivity index (χ1v) is 6.34. The van der Waals surface area contributed by atoms with Crippen LogP contribution in [0.5, 0.6) is 5.75 Å². The van der Waals surface area contributed by atoms with E-state index in [1.54, 1.807) is 18.2 Å². The lowest BCUT2D eigenvalue weighted by Gasteiger charge is -2.13. The van der Waals surface area contributed by atoms with Crippen molar-refractivity contribution in [1.29, 1.82) is 0 Å². The highest BCUT2D eigenvalue weighted by molar-refractivity contribution is 5.97. The summed E-state index contributed by atoms with van der Waals surface area (Å²) in [7, 11) is 1.37. The van der Waals surface area contributed by atoms with Crippen LogP contribution in [0, 0.1) is 6.92 Å². The van der Waals surface area contributed by atoms with E-state index in [-0.39, 0.29) is 6.61 Å². The lowest BCUT2D eigenvalue weighted by atomic mass is 10.2. The number of rotatable bonds is 5. The van der Waals surface area contributed by atoms with Gasteiger partial charge in [-0.15, -0.1) is 0 Å². The normalized spacial score (nSPS) is 11.2. The predicted molar refractivity (Wildman–Crippen MR) is 74.8 cm³/mol. The molecule has 1 aromatic rings. The average Bonchev–Trinajstić information content (AvgIpc) is 2.45. The highest BCUT2D eigenvalue weighted by Crippen LogP contribution is 2.12. The number of imide groups is 1. The Balaban J connectivity index is 2.39. The Labute approximate surface area is 122 Å². The summed E-state index contributed by atoms with van der Waals surface area (Å²) >= 11 is 0. The SMILES string of the molecule is CNC(=O)NC(=O)[C@@H](C)OC(=O)COc1cccc(C)c1. The Hall–Kier alpha value is -2.57. The standard InChI is InChI=1S/C14H18N2O5/c1-9-5-4-6-11(7-9)20-8-12(17)21-10(2)13(18)16-14(19)15-3/h4-7,10H,8H2,1-3H3,(H2,15,16,18,19)/t10-/m1/s1. The molecule has 0 unspecified atom stereocenters. The summed E-state index contributed by atoms with van der Waals surface area (Å²) in [5.41, 5.74) is 0.999. The van der Waals surface area contributed by atoms with Gasteiger partial charge < -0.3 is 14.8 Å². The first kappa shape index (κ1) is 16.5. The summed E-state index contributed by atoms with van der Waals surface area (Å²) in [6.07, 6.45) is -1.09. The van der Waals surface area contributed by atoms with E-state index in [2.05, 4.69) is 5.32 Å². The quantitative estimate of drug-likeness (QED) is 0.782. The maximum Gasteiger partial charge on any atom is 0.344 e. The number of ether oxygens (including phenoxy) is 2. The average molecular weight is 294 g/mol. The zero-order valence-corrected chi connectivity index (χ0v) is 12.1. The summed E-state index contributed by atoms with van der Waals surface area (Å²) in [5.74, 6) is -0.872. The van der Waals surface area contributed by atoms with E-state index in [9.17, 15) is 14.4 Å². The topological polar surface area (TPSA) is 93.7 Å². The molecular weight excluding hydrogens is 276 g/mol. The smallest absolute Gasteiger partial charge is 0.344 e. The van der Waals surface area contributed by atoms with E-state index in [1.807, 2.05) is 18.3 Å². The van der Waals surface area contributed by atoms with Crippen LogP contribution in [0.1, 0.15) is 12.5 Å². The molecular formula is C14H18N2O5. The molecule has 0 aliphatic rings. The van der Waals surface area contributed by atoms with Crippen molar-refractivity contribution in [3.63, 3.8) is 0 Å². The van der Waals surface area contributed by atoms with Crippen LogP contribution in [-0.2, 0) is 14.3 Å². The fourth-order valence-corrected chi connectivity index (χ4v) is 1.41. The van der Waals surface area contributed by atoms with E-state index in [0.29, 0.717) is 5.75 Å². The Bertz CT molecular complexity index is 530. The van der Waals surface area contributed by atoms with Gasteiger partial charge in [-0.2, -0.15) is 0 Å². The monoisotopic (exact) mass is 294 g/mol. The van der Waals surface area contributed by atoms with Gasteiger partial charge in [-0.3, -0.25) is 10.1 Å². The summed E-state index contributed by atoms with van der Waals surface area (Å²) in [5, 5.41) is 4.23. The van der Waals surface area contributed by atoms with Gasteiger partial charge in [0.2, 0.25) is 0 Å². The zero-order valence-electron chi connectivity index (χ0n) is 12.1. The molecule has 0 saturated carbocycles. The molecule has 0 saturated heterocycles. The van der Waals surface area contributed by atoms with Crippen molar-refractivity contribution < 1.29 is 23.9 Å². The van der Waals surface area contributed by atoms with Crippen LogP contribution in [0.4, 0.5) is 4.79 Å². The molecule has 0 fully saturated rings. The second kappa shape index (κ2) is 7.88. The van der Waals surface area contributed by atoms with Gasteiger partial charge in [0.15, 0.2) is 12.7 Å². The number of urea groups is 1. The fourth-order valence-electron chi connectivity index (χ4n) is 1.41. The van der Waals surface area contributed by atoms with E-state index < -0.39 is 24.0 Å². The van der Waals surface area contributed by atoms with Gasteiger partial charge in [-0.05, 0) is 31.5 Å². The molecule has 0 aliphatic heterocycles. The van der Waals surface area contributed by atoms with Crippen molar-refractivity contribution in [2.24, 2.45) is 0 Å². The van der Waals surface area contributed by atoms with Crippen molar-refractivity contribution in [1.82, 2.24) is 10.6 Å². The number of benzene rings is 1. The molecule has 0 bridgehead atoms. The van der Waals surface area contributed by atoms with Crippen molar-refractivity contribution >= 4 is 17.9 Å². The lowest BCUT2D eigenvalue weighted by Crippen LogP contribution is -2.43. The van der Waals surface area contributed by atoms with Gasteiger partial charge in [0.05, 0.1) is 0 Å². The summed E-state index contributed by atoms with van der Waals surface area (Å²) in [4.78, 5) is 34.0. The number of hydrogen-bond acceptors (Lipinski definition) is 5. The van der Waals surface area contributed by atoms with Crippen LogP contribution in [0.3, 0.4) is 0 Å². The van der Waals surface area contributed by atoms with Crippen molar-refractivity contribution in [2.75, 3.05) is 13.7 Å². The minimum Gasteiger partial charge on any atom is -0.482 e. The molecule has 7 nitrogen and oxygen atoms in total. The molecule has 1 aromatic carbocycles. The van der Waals surface area contributed by atoms with Crippen LogP contribution < -0.4 is 15.4 Å². The Morgan fingerprint density at radius 3 is 2.62 bits per heavy atom. The van der Waals surface area contributed by atoms with Gasteiger partial charge >= 0.3 is 12.0 Å². The third-order valence-corrected chi connectivity index (χ3v) is 2.49. The summed E-state index contributed by atoms with van der Waals surface area (Å²) in [6.45, 7) is 2.94. The van der Waals surface area contributed by atoms with Gasteiger partial charge in [0, 0.05) is 7.05 Å². The number of aryl methyl sites for hydroxylation is 1. The molecule has 1 rings (SSSR count). The maximum atomic E-state index is 11.5. The third kappa shape index (κ3) is 5.94. The third-order valence-electron chi connectivity index (χ3n) is 2.49. The van der Waals surface area contributed by atoms with E-state index in [0.717, 1.165) is 5.56 Å². The minimum atomic E-state index is -1.09. The number of hydrogen-bond donors (Lipinski definition) is 2. The second-order valence-electron chi connectivity index (χ2n) is 4.31. The summed E-state index contributed by atoms with van der Waals surface area (Å²) < 4.78 is 10.1. The molecule has 1 atom stereocenters. The summed E-state index contributed by atoms with van der Waals surface area (Å²) in [6, 6.07) is 6.52. The van der Waals surface area contributed by atoms with E-state index >= 15 is 0 Å². The Morgan fingerprint density at radius 2 is 2.00 bits per heavy atom. The van der Waals surface area contributed by atoms with Gasteiger partial charge in [-0.25, -0.2) is 9.59 Å². The minimum absolute atomic E-state index is 0.318. The van der Waals surface area contributed by atoms with Crippen molar-refractivity contribution in [3.8, 4) is 5.75 Å². The number of carbonyl (C=O) groups excluding carboxylic acids is 3. The molecule has 0 radical (unpaired) electrons. The lowest BCUT2D eigenvalue weighted by molar-refractivity contribution is -0.156. The largest absolute Gasteiger partial charge is 0.482 e. The first-order chi connectivity index (χ1) is 9.92. The van der Waals surface area contributed by atoms with Crippen LogP contribution in [0.25, 0.3) is 0 Å². The highest BCUT2D eigenvalue weighted by Gasteiger charge is 2.19. The number of nitrogens with one attached hydrogen (secondary N) is 2. The van der Waals surface area contributed by atoms with Crippen LogP contribution >= 0.6 is 0 Å². The van der Waals surface area contributed by atoms with Gasteiger partial charge in [-0.1, -0.05) is 12.1 Å². The van der Waals surface area contributed by atoms with E-state index in [4.69, 9.17) is 9.47 Å². The molecule has 114 valence electrons. The number of esters is 1. The molecule has 21 heavy (non-hydrogen) atoms. The molecule has 0 heterocycles. The van der Waals surface area contributed by atoms with Gasteiger partial charge in [0.1, 0.15) is 5.75 Å². The molecule has 2 N–H and O–H groups in total. The Morgan fingerprint density at radius 1 is 1.29 bits per heavy atom. The van der Waals surface area contributed by atoms with Crippen molar-refractivity contribution in [3.05, 3.63) is 29.8 Å². The van der Waals surface area contributed by atoms with Crippen LogP contribution in [-0.4, -0.2) is 37.7 Å². The second-order valence-corrected chi connectivity index (χ2v) is 4.31. The number of carbonyl (C=O) groups is 3. The Kier molecular flexibility index (Phi) is 6.19. The maximum absolute atomic E-state index is 11.5. The fraction of sp³-hybridized carbons (Fsp3) is 0.357. The molecule has 0 spiro atoms. The van der Waals surface area contributed by atoms with Crippen LogP contribution in [0.15, 0.2) is 24.3 Å². The van der Waals surface area contributed by atoms with E-state index in [1.165, 1.54) is 14.0 Å². The molecule has 7 heteroatoms. The van der Waals surface area contributed by atoms with Gasteiger partial charge in [0.25, 0.3) is 5.91 Å². The van der Waals surface area contributed by atoms with Crippen molar-refractivity contribution in [2.45, 2.75) is 20.0 Å². The molecule has 3 amide bonds.